The van der Waals surface area contributed by atoms with Gasteiger partial charge in [0.2, 0.25) is 0 Å². The predicted molar refractivity (Wildman–Crippen MR) is 60.5 cm³/mol. The lowest BCUT2D eigenvalue weighted by atomic mass is 10.2. The van der Waals surface area contributed by atoms with Gasteiger partial charge in [0.25, 0.3) is 0 Å². The molecule has 0 radical (unpaired) electrons. The van der Waals surface area contributed by atoms with Gasteiger partial charge in [0, 0.05) is 5.56 Å². The molecule has 0 saturated carbocycles. The van der Waals surface area contributed by atoms with Gasteiger partial charge >= 0.3 is 0 Å². The Morgan fingerprint density at radius 1 is 1.00 bits per heavy atom. The van der Waals surface area contributed by atoms with Crippen LogP contribution in [0.3, 0.4) is 0 Å². The monoisotopic (exact) mass is 198 g/mol. The molecule has 0 aliphatic carbocycles. The minimum Gasteiger partial charge on any atom is -0.870 e. The Hall–Kier alpha value is -0.470. The van der Waals surface area contributed by atoms with E-state index in [2.05, 4.69) is 44.2 Å². The first-order chi connectivity index (χ1) is 5.86. The van der Waals surface area contributed by atoms with Crippen molar-refractivity contribution in [3.63, 3.8) is 0 Å². The minimum absolute atomic E-state index is 0. The van der Waals surface area contributed by atoms with Crippen molar-refractivity contribution in [2.24, 2.45) is 0 Å². The van der Waals surface area contributed by atoms with Gasteiger partial charge in [-0.3, -0.25) is 0 Å². The summed E-state index contributed by atoms with van der Waals surface area (Å²) in [5.74, 6) is 3.92. The van der Waals surface area contributed by atoms with Crippen LogP contribution in [-0.4, -0.2) is 17.0 Å². The molecule has 0 amide bonds. The van der Waals surface area contributed by atoms with E-state index in [0.29, 0.717) is 10.9 Å². The Morgan fingerprint density at radius 3 is 2.00 bits per heavy atom. The Balaban J connectivity index is 0.00000144. The van der Waals surface area contributed by atoms with Crippen molar-refractivity contribution >= 4 is 10.9 Å². The van der Waals surface area contributed by atoms with Gasteiger partial charge in [-0.05, 0) is 24.7 Å². The molecule has 0 saturated heterocycles. The second-order valence-corrected chi connectivity index (χ2v) is 5.49. The zero-order valence-electron chi connectivity index (χ0n) is 8.36. The van der Waals surface area contributed by atoms with E-state index in [1.807, 2.05) is 0 Å². The summed E-state index contributed by atoms with van der Waals surface area (Å²) in [6.45, 7) is 4.57. The van der Waals surface area contributed by atoms with Crippen LogP contribution in [0.5, 0.6) is 0 Å². The van der Waals surface area contributed by atoms with E-state index in [-0.39, 0.29) is 5.48 Å². The Morgan fingerprint density at radius 2 is 1.54 bits per heavy atom. The molecule has 74 valence electrons. The highest BCUT2D eigenvalue weighted by molar-refractivity contribution is 7.96. The van der Waals surface area contributed by atoms with Crippen molar-refractivity contribution in [3.8, 4) is 0 Å². The first-order valence-corrected chi connectivity index (χ1v) is 6.28. The topological polar surface area (TPSA) is 30.0 Å². The smallest absolute Gasteiger partial charge is 0.133 e. The van der Waals surface area contributed by atoms with E-state index < -0.39 is 0 Å². The number of hydrogen-bond acceptors (Lipinski definition) is 1. The third kappa shape index (κ3) is 4.34. The lowest BCUT2D eigenvalue weighted by Gasteiger charge is -2.03. The molecule has 2 heteroatoms. The largest absolute Gasteiger partial charge is 0.870 e. The van der Waals surface area contributed by atoms with Crippen LogP contribution >= 0.6 is 0 Å². The number of rotatable bonds is 4. The minimum atomic E-state index is 0. The average molecular weight is 198 g/mol. The van der Waals surface area contributed by atoms with Crippen molar-refractivity contribution in [3.05, 3.63) is 35.9 Å². The Bertz CT molecular complexity index is 207. The number of hydrogen-bond donors (Lipinski definition) is 0. The molecular formula is C11H18OS. The van der Waals surface area contributed by atoms with Crippen LogP contribution in [0.25, 0.3) is 0 Å². The normalized spacial score (nSPS) is 9.77. The molecule has 0 atom stereocenters. The Kier molecular flexibility index (Phi) is 6.73. The van der Waals surface area contributed by atoms with Crippen molar-refractivity contribution in [1.29, 1.82) is 0 Å². The van der Waals surface area contributed by atoms with Crippen molar-refractivity contribution in [2.45, 2.75) is 19.6 Å². The van der Waals surface area contributed by atoms with Crippen LogP contribution in [0.1, 0.15) is 19.4 Å². The summed E-state index contributed by atoms with van der Waals surface area (Å²) in [5.41, 5.74) is 1.49. The highest BCUT2D eigenvalue weighted by Gasteiger charge is 2.11. The zero-order valence-corrected chi connectivity index (χ0v) is 9.18. The van der Waals surface area contributed by atoms with E-state index in [9.17, 15) is 0 Å². The van der Waals surface area contributed by atoms with Gasteiger partial charge in [-0.25, -0.2) is 0 Å². The van der Waals surface area contributed by atoms with Crippen LogP contribution in [-0.2, 0) is 16.6 Å². The van der Waals surface area contributed by atoms with Gasteiger partial charge in [-0.2, -0.15) is 0 Å². The predicted octanol–water partition coefficient (Wildman–Crippen LogP) is 2.67. The van der Waals surface area contributed by atoms with E-state index >= 15 is 0 Å². The fourth-order valence-corrected chi connectivity index (χ4v) is 2.70. The van der Waals surface area contributed by atoms with Gasteiger partial charge in [0.15, 0.2) is 0 Å². The average Bonchev–Trinajstić information content (AvgIpc) is 2.16. The first kappa shape index (κ1) is 12.5. The molecule has 0 heterocycles. The summed E-state index contributed by atoms with van der Waals surface area (Å²) in [6, 6.07) is 10.8. The van der Waals surface area contributed by atoms with Crippen molar-refractivity contribution in [2.75, 3.05) is 11.5 Å². The molecule has 0 fully saturated rings. The molecule has 1 aromatic rings. The summed E-state index contributed by atoms with van der Waals surface area (Å²) >= 11 is 0. The van der Waals surface area contributed by atoms with E-state index in [4.69, 9.17) is 0 Å². The molecule has 0 unspecified atom stereocenters. The molecule has 1 nitrogen and oxygen atoms in total. The maximum Gasteiger partial charge on any atom is 0.133 e. The fourth-order valence-electron chi connectivity index (χ4n) is 1.22. The molecule has 13 heavy (non-hydrogen) atoms. The van der Waals surface area contributed by atoms with Crippen LogP contribution in [0.2, 0.25) is 0 Å². The lowest BCUT2D eigenvalue weighted by Crippen LogP contribution is -2.10. The summed E-state index contributed by atoms with van der Waals surface area (Å²) in [4.78, 5) is 0. The second kappa shape index (κ2) is 6.98. The summed E-state index contributed by atoms with van der Waals surface area (Å²) < 4.78 is 0. The molecule has 1 rings (SSSR count). The van der Waals surface area contributed by atoms with Crippen LogP contribution in [0.15, 0.2) is 30.3 Å². The highest BCUT2D eigenvalue weighted by Crippen LogP contribution is 2.08. The molecular weight excluding hydrogens is 180 g/mol. The lowest BCUT2D eigenvalue weighted by molar-refractivity contribution is 0.824. The third-order valence-corrected chi connectivity index (χ3v) is 4.40. The summed E-state index contributed by atoms with van der Waals surface area (Å²) in [7, 11) is 0.611. The number of benzene rings is 1. The van der Waals surface area contributed by atoms with E-state index in [1.54, 1.807) is 0 Å². The first-order valence-electron chi connectivity index (χ1n) is 4.54. The van der Waals surface area contributed by atoms with Gasteiger partial charge in [0.05, 0.1) is 0 Å². The second-order valence-electron chi connectivity index (χ2n) is 2.82. The molecule has 0 bridgehead atoms. The van der Waals surface area contributed by atoms with Crippen LogP contribution < -0.4 is 0 Å². The molecule has 0 spiro atoms. The molecule has 0 aromatic heterocycles. The van der Waals surface area contributed by atoms with Crippen LogP contribution in [0.4, 0.5) is 0 Å². The SMILES string of the molecule is CC[S+](CC)Cc1ccccc1.[OH-]. The molecule has 0 aliphatic rings. The third-order valence-electron chi connectivity index (χ3n) is 2.03. The highest BCUT2D eigenvalue weighted by atomic mass is 32.2. The standard InChI is InChI=1S/C11H17S.H2O/c1-3-12(4-2)10-11-8-6-5-7-9-11;/h5-9H,3-4,10H2,1-2H3;1H2/q+1;/p-1. The summed E-state index contributed by atoms with van der Waals surface area (Å²) in [6.07, 6.45) is 0. The maximum atomic E-state index is 2.29. The molecule has 0 aliphatic heterocycles. The quantitative estimate of drug-likeness (QED) is 0.684. The fraction of sp³-hybridized carbons (Fsp3) is 0.455. The zero-order chi connectivity index (χ0) is 8.81. The Labute approximate surface area is 83.8 Å². The van der Waals surface area contributed by atoms with Crippen molar-refractivity contribution in [1.82, 2.24) is 0 Å². The van der Waals surface area contributed by atoms with Crippen LogP contribution in [0, 0.1) is 0 Å². The van der Waals surface area contributed by atoms with Gasteiger partial charge < -0.3 is 5.48 Å². The van der Waals surface area contributed by atoms with Gasteiger partial charge in [-0.1, -0.05) is 30.3 Å². The van der Waals surface area contributed by atoms with Crippen molar-refractivity contribution < 1.29 is 5.48 Å². The maximum absolute atomic E-state index is 2.29. The van der Waals surface area contributed by atoms with E-state index in [1.165, 1.54) is 22.8 Å². The summed E-state index contributed by atoms with van der Waals surface area (Å²) in [5, 5.41) is 0. The van der Waals surface area contributed by atoms with E-state index in [0.717, 1.165) is 0 Å². The molecule has 1 aromatic carbocycles. The molecule has 1 N–H and O–H groups in total. The van der Waals surface area contributed by atoms with Gasteiger partial charge in [-0.15, -0.1) is 0 Å². The van der Waals surface area contributed by atoms with Gasteiger partial charge in [0.1, 0.15) is 17.3 Å².